The first-order valence-corrected chi connectivity index (χ1v) is 11.2. The number of rotatable bonds is 7. The predicted molar refractivity (Wildman–Crippen MR) is 140 cm³/mol. The fraction of sp³-hybridized carbons (Fsp3) is 0.0690. The number of hydrazine groups is 2. The number of anilines is 1. The molecule has 0 saturated carbocycles. The Morgan fingerprint density at radius 3 is 2.17 bits per heavy atom. The molecule has 0 heterocycles. The minimum Gasteiger partial charge on any atom is -0.495 e. The largest absolute Gasteiger partial charge is 0.495 e. The van der Waals surface area contributed by atoms with E-state index in [-0.39, 0.29) is 6.61 Å². The topological polar surface area (TPSA) is 90.8 Å². The number of aldehydes is 1. The molecule has 6 nitrogen and oxygen atoms in total. The maximum atomic E-state index is 12.0. The summed E-state index contributed by atoms with van der Waals surface area (Å²) in [6, 6.07) is 29.4. The van der Waals surface area contributed by atoms with Crippen LogP contribution in [0, 0.1) is 0 Å². The van der Waals surface area contributed by atoms with Crippen molar-refractivity contribution >= 4 is 33.5 Å². The van der Waals surface area contributed by atoms with E-state index in [2.05, 4.69) is 12.1 Å². The monoisotopic (exact) mass is 463 g/mol. The smallest absolute Gasteiger partial charge is 0.153 e. The standard InChI is InChI=1S/C29H25N3O3/c1-34-29-22(17-33)16-20-9-3-6-12-24(20)28(29)27-23-11-5-2-8-19(23)14-15-26(27)35-18-21-10-4-7-13-25(21)32(30)31/h2-17H,18,30-31H2,1H3. The third-order valence-corrected chi connectivity index (χ3v) is 6.16. The maximum Gasteiger partial charge on any atom is 0.153 e. The van der Waals surface area contributed by atoms with Crippen LogP contribution in [0.15, 0.2) is 91.0 Å². The van der Waals surface area contributed by atoms with E-state index in [4.69, 9.17) is 21.2 Å². The van der Waals surface area contributed by atoms with E-state index in [9.17, 15) is 4.79 Å². The zero-order valence-electron chi connectivity index (χ0n) is 19.3. The molecule has 5 rings (SSSR count). The van der Waals surface area contributed by atoms with Gasteiger partial charge in [-0.25, -0.2) is 16.8 Å². The minimum atomic E-state index is 0.250. The van der Waals surface area contributed by atoms with Gasteiger partial charge in [-0.1, -0.05) is 72.8 Å². The molecule has 6 heteroatoms. The number of ether oxygens (including phenoxy) is 2. The quantitative estimate of drug-likeness (QED) is 0.185. The molecule has 0 bridgehead atoms. The second kappa shape index (κ2) is 9.46. The van der Waals surface area contributed by atoms with Gasteiger partial charge in [-0.15, -0.1) is 0 Å². The Labute approximate surface area is 203 Å². The lowest BCUT2D eigenvalue weighted by atomic mass is 9.90. The number of fused-ring (bicyclic) bond motifs is 2. The molecule has 0 atom stereocenters. The molecule has 0 aliphatic heterocycles. The summed E-state index contributed by atoms with van der Waals surface area (Å²) in [5.74, 6) is 12.8. The molecule has 0 aliphatic carbocycles. The van der Waals surface area contributed by atoms with Crippen LogP contribution >= 0.6 is 0 Å². The molecule has 0 saturated heterocycles. The van der Waals surface area contributed by atoms with Gasteiger partial charge in [-0.3, -0.25) is 4.79 Å². The van der Waals surface area contributed by atoms with Gasteiger partial charge in [0.1, 0.15) is 18.1 Å². The Morgan fingerprint density at radius 1 is 0.800 bits per heavy atom. The number of nitrogens with zero attached hydrogens (tertiary/aromatic N) is 1. The Bertz CT molecular complexity index is 1550. The molecule has 4 N–H and O–H groups in total. The van der Waals surface area contributed by atoms with Crippen LogP contribution in [0.2, 0.25) is 0 Å². The van der Waals surface area contributed by atoms with Crippen molar-refractivity contribution in [2.45, 2.75) is 6.61 Å². The molecule has 174 valence electrons. The van der Waals surface area contributed by atoms with Crippen molar-refractivity contribution in [1.82, 2.24) is 0 Å². The molecular weight excluding hydrogens is 438 g/mol. The third kappa shape index (κ3) is 4.05. The van der Waals surface area contributed by atoms with Gasteiger partial charge in [0.2, 0.25) is 0 Å². The van der Waals surface area contributed by atoms with Crippen LogP contribution in [-0.4, -0.2) is 13.4 Å². The van der Waals surface area contributed by atoms with Crippen molar-refractivity contribution < 1.29 is 14.3 Å². The lowest BCUT2D eigenvalue weighted by Gasteiger charge is -2.21. The second-order valence-corrected chi connectivity index (χ2v) is 8.20. The molecule has 0 unspecified atom stereocenters. The van der Waals surface area contributed by atoms with Gasteiger partial charge in [0, 0.05) is 16.7 Å². The first-order chi connectivity index (χ1) is 17.1. The fourth-order valence-electron chi connectivity index (χ4n) is 4.58. The molecule has 0 amide bonds. The number of para-hydroxylation sites is 1. The van der Waals surface area contributed by atoms with Gasteiger partial charge in [0.05, 0.1) is 18.4 Å². The zero-order chi connectivity index (χ0) is 24.4. The van der Waals surface area contributed by atoms with Crippen LogP contribution in [0.5, 0.6) is 11.5 Å². The second-order valence-electron chi connectivity index (χ2n) is 8.20. The molecule has 0 spiro atoms. The number of hydrogen-bond acceptors (Lipinski definition) is 6. The summed E-state index contributed by atoms with van der Waals surface area (Å²) in [7, 11) is 1.58. The van der Waals surface area contributed by atoms with Crippen LogP contribution in [0.25, 0.3) is 32.7 Å². The number of benzene rings is 5. The van der Waals surface area contributed by atoms with E-state index >= 15 is 0 Å². The maximum absolute atomic E-state index is 12.0. The van der Waals surface area contributed by atoms with Crippen LogP contribution in [0.3, 0.4) is 0 Å². The molecule has 0 aromatic heterocycles. The van der Waals surface area contributed by atoms with Gasteiger partial charge in [-0.05, 0) is 39.7 Å². The normalized spacial score (nSPS) is 10.9. The van der Waals surface area contributed by atoms with E-state index in [1.54, 1.807) is 7.11 Å². The lowest BCUT2D eigenvalue weighted by Crippen LogP contribution is -2.38. The van der Waals surface area contributed by atoms with Gasteiger partial charge in [0.15, 0.2) is 6.29 Å². The van der Waals surface area contributed by atoms with E-state index in [0.29, 0.717) is 22.7 Å². The highest BCUT2D eigenvalue weighted by atomic mass is 16.5. The van der Waals surface area contributed by atoms with Crippen LogP contribution in [0.1, 0.15) is 15.9 Å². The number of methoxy groups -OCH3 is 1. The summed E-state index contributed by atoms with van der Waals surface area (Å²) >= 11 is 0. The van der Waals surface area contributed by atoms with E-state index in [1.807, 2.05) is 78.9 Å². The summed E-state index contributed by atoms with van der Waals surface area (Å²) in [6.07, 6.45) is 0.827. The van der Waals surface area contributed by atoms with Gasteiger partial charge < -0.3 is 9.47 Å². The molecule has 5 aromatic rings. The average molecular weight is 464 g/mol. The van der Waals surface area contributed by atoms with Crippen LogP contribution in [0.4, 0.5) is 5.69 Å². The van der Waals surface area contributed by atoms with Crippen molar-refractivity contribution in [3.63, 3.8) is 0 Å². The summed E-state index contributed by atoms with van der Waals surface area (Å²) in [5.41, 5.74) is 3.66. The van der Waals surface area contributed by atoms with E-state index in [0.717, 1.165) is 49.6 Å². The number of carbonyl (C=O) groups excluding carboxylic acids is 1. The SMILES string of the molecule is COc1c(C=O)cc2ccccc2c1-c1c(OCc2ccccc2N(N)N)ccc2ccccc12. The number of carbonyl (C=O) groups is 1. The van der Waals surface area contributed by atoms with Crippen molar-refractivity contribution in [1.29, 1.82) is 0 Å². The highest BCUT2D eigenvalue weighted by Gasteiger charge is 2.21. The van der Waals surface area contributed by atoms with Gasteiger partial charge >= 0.3 is 0 Å². The van der Waals surface area contributed by atoms with Crippen LogP contribution < -0.4 is 26.3 Å². The van der Waals surface area contributed by atoms with Crippen molar-refractivity contribution in [2.75, 3.05) is 12.2 Å². The Morgan fingerprint density at radius 2 is 1.46 bits per heavy atom. The third-order valence-electron chi connectivity index (χ3n) is 6.16. The first kappa shape index (κ1) is 22.4. The first-order valence-electron chi connectivity index (χ1n) is 11.2. The highest BCUT2D eigenvalue weighted by Crippen LogP contribution is 2.46. The van der Waals surface area contributed by atoms with Crippen LogP contribution in [-0.2, 0) is 6.61 Å². The number of hydrogen-bond donors (Lipinski definition) is 2. The lowest BCUT2D eigenvalue weighted by molar-refractivity contribution is 0.112. The van der Waals surface area contributed by atoms with Crippen molar-refractivity contribution in [3.05, 3.63) is 102 Å². The zero-order valence-corrected chi connectivity index (χ0v) is 19.3. The van der Waals surface area contributed by atoms with Gasteiger partial charge in [0.25, 0.3) is 0 Å². The molecule has 5 aromatic carbocycles. The van der Waals surface area contributed by atoms with E-state index in [1.165, 1.54) is 0 Å². The Balaban J connectivity index is 1.77. The molecule has 0 aliphatic rings. The summed E-state index contributed by atoms with van der Waals surface area (Å²) in [4.78, 5) is 12.0. The Hall–Kier alpha value is -4.39. The Kier molecular flexibility index (Phi) is 6.06. The van der Waals surface area contributed by atoms with Crippen molar-refractivity contribution in [3.8, 4) is 22.6 Å². The highest BCUT2D eigenvalue weighted by molar-refractivity contribution is 6.12. The molecule has 35 heavy (non-hydrogen) atoms. The van der Waals surface area contributed by atoms with E-state index < -0.39 is 0 Å². The fourth-order valence-corrected chi connectivity index (χ4v) is 4.58. The average Bonchev–Trinajstić information content (AvgIpc) is 2.90. The summed E-state index contributed by atoms with van der Waals surface area (Å²) < 4.78 is 12.2. The van der Waals surface area contributed by atoms with Gasteiger partial charge in [-0.2, -0.15) is 0 Å². The minimum absolute atomic E-state index is 0.250. The molecule has 0 fully saturated rings. The molecule has 0 radical (unpaired) electrons. The molecular formula is C29H25N3O3. The van der Waals surface area contributed by atoms with Crippen molar-refractivity contribution in [2.24, 2.45) is 11.7 Å². The predicted octanol–water partition coefficient (Wildman–Crippen LogP) is 5.61. The summed E-state index contributed by atoms with van der Waals surface area (Å²) in [5, 5.41) is 5.03. The summed E-state index contributed by atoms with van der Waals surface area (Å²) in [6.45, 7) is 0.250. The number of nitrogens with two attached hydrogens (primary N) is 2.